The first kappa shape index (κ1) is 17.0. The Balaban J connectivity index is 1.98. The number of nitrogens with two attached hydrogens (primary N) is 1. The van der Waals surface area contributed by atoms with E-state index in [-0.39, 0.29) is 5.91 Å². The average Bonchev–Trinajstić information content (AvgIpc) is 2.47. The van der Waals surface area contributed by atoms with Crippen LogP contribution in [0.3, 0.4) is 0 Å². The number of likely N-dealkylation sites (tertiary alicyclic amines) is 1. The first-order valence-electron chi connectivity index (χ1n) is 8.25. The Morgan fingerprint density at radius 1 is 1.23 bits per heavy atom. The lowest BCUT2D eigenvalue weighted by Crippen LogP contribution is -2.55. The van der Waals surface area contributed by atoms with E-state index in [0.29, 0.717) is 30.8 Å². The maximum absolute atomic E-state index is 12.1. The lowest BCUT2D eigenvalue weighted by Gasteiger charge is -2.45. The molecule has 0 aliphatic carbocycles. The van der Waals surface area contributed by atoms with E-state index in [4.69, 9.17) is 5.73 Å². The van der Waals surface area contributed by atoms with E-state index in [9.17, 15) is 4.79 Å². The second-order valence-corrected chi connectivity index (χ2v) is 6.67. The third-order valence-electron chi connectivity index (χ3n) is 4.71. The van der Waals surface area contributed by atoms with Crippen molar-refractivity contribution in [2.45, 2.75) is 32.9 Å². The van der Waals surface area contributed by atoms with Crippen LogP contribution < -0.4 is 5.73 Å². The summed E-state index contributed by atoms with van der Waals surface area (Å²) in [6.07, 6.45) is 0.445. The van der Waals surface area contributed by atoms with E-state index in [0.717, 1.165) is 19.6 Å². The average molecular weight is 303 g/mol. The van der Waals surface area contributed by atoms with Gasteiger partial charge in [-0.25, -0.2) is 0 Å². The van der Waals surface area contributed by atoms with Gasteiger partial charge in [-0.1, -0.05) is 44.2 Å². The SMILES string of the molecule is CC1CN(Cc2ccccc2)CC(C)C1N(C)C(=O)CCN. The standard InChI is InChI=1S/C18H29N3O/c1-14-11-21(13-16-7-5-4-6-8-16)12-15(2)18(14)20(3)17(22)9-10-19/h4-8,14-15,18H,9-13,19H2,1-3H3. The van der Waals surface area contributed by atoms with Crippen molar-refractivity contribution in [3.8, 4) is 0 Å². The highest BCUT2D eigenvalue weighted by Gasteiger charge is 2.35. The molecule has 2 rings (SSSR count). The number of carbonyl (C=O) groups is 1. The van der Waals surface area contributed by atoms with Gasteiger partial charge >= 0.3 is 0 Å². The molecule has 1 heterocycles. The van der Waals surface area contributed by atoms with Crippen molar-refractivity contribution in [2.75, 3.05) is 26.7 Å². The monoisotopic (exact) mass is 303 g/mol. The molecule has 1 amide bonds. The highest BCUT2D eigenvalue weighted by Crippen LogP contribution is 2.27. The molecule has 0 aromatic heterocycles. The van der Waals surface area contributed by atoms with Crippen LogP contribution in [0.1, 0.15) is 25.8 Å². The number of rotatable bonds is 5. The van der Waals surface area contributed by atoms with E-state index in [1.807, 2.05) is 11.9 Å². The van der Waals surface area contributed by atoms with Crippen LogP contribution in [0, 0.1) is 11.8 Å². The first-order chi connectivity index (χ1) is 10.5. The van der Waals surface area contributed by atoms with Gasteiger partial charge in [0.15, 0.2) is 0 Å². The highest BCUT2D eigenvalue weighted by molar-refractivity contribution is 5.76. The lowest BCUT2D eigenvalue weighted by atomic mass is 9.84. The van der Waals surface area contributed by atoms with Crippen molar-refractivity contribution in [1.82, 2.24) is 9.80 Å². The van der Waals surface area contributed by atoms with Crippen LogP contribution >= 0.6 is 0 Å². The van der Waals surface area contributed by atoms with Crippen LogP contribution in [0.15, 0.2) is 30.3 Å². The highest BCUT2D eigenvalue weighted by atomic mass is 16.2. The van der Waals surface area contributed by atoms with Crippen LogP contribution in [0.5, 0.6) is 0 Å². The van der Waals surface area contributed by atoms with Gasteiger partial charge in [-0.05, 0) is 17.4 Å². The number of carbonyl (C=O) groups excluding carboxylic acids is 1. The molecule has 22 heavy (non-hydrogen) atoms. The zero-order chi connectivity index (χ0) is 16.1. The third kappa shape index (κ3) is 4.08. The van der Waals surface area contributed by atoms with Crippen molar-refractivity contribution in [1.29, 1.82) is 0 Å². The Morgan fingerprint density at radius 2 is 1.82 bits per heavy atom. The molecular formula is C18H29N3O. The molecule has 1 aromatic rings. The lowest BCUT2D eigenvalue weighted by molar-refractivity contribution is -0.135. The summed E-state index contributed by atoms with van der Waals surface area (Å²) in [5, 5.41) is 0. The maximum atomic E-state index is 12.1. The van der Waals surface area contributed by atoms with Crippen LogP contribution in [0.4, 0.5) is 0 Å². The number of nitrogens with zero attached hydrogens (tertiary/aromatic N) is 2. The van der Waals surface area contributed by atoms with Crippen LogP contribution in [-0.4, -0.2) is 48.4 Å². The Morgan fingerprint density at radius 3 is 2.36 bits per heavy atom. The number of hydrogen-bond acceptors (Lipinski definition) is 3. The smallest absolute Gasteiger partial charge is 0.223 e. The summed E-state index contributed by atoms with van der Waals surface area (Å²) in [6.45, 7) is 7.99. The van der Waals surface area contributed by atoms with Gasteiger partial charge in [0.1, 0.15) is 0 Å². The Kier molecular flexibility index (Phi) is 5.98. The van der Waals surface area contributed by atoms with E-state index in [2.05, 4.69) is 49.1 Å². The minimum Gasteiger partial charge on any atom is -0.342 e. The van der Waals surface area contributed by atoms with E-state index < -0.39 is 0 Å². The van der Waals surface area contributed by atoms with Gasteiger partial charge in [-0.3, -0.25) is 9.69 Å². The van der Waals surface area contributed by atoms with Gasteiger partial charge in [0.25, 0.3) is 0 Å². The second-order valence-electron chi connectivity index (χ2n) is 6.67. The van der Waals surface area contributed by atoms with E-state index in [1.54, 1.807) is 0 Å². The molecule has 4 heteroatoms. The first-order valence-corrected chi connectivity index (χ1v) is 8.25. The van der Waals surface area contributed by atoms with Gasteiger partial charge < -0.3 is 10.6 Å². The van der Waals surface area contributed by atoms with Crippen molar-refractivity contribution in [3.63, 3.8) is 0 Å². The van der Waals surface area contributed by atoms with Crippen molar-refractivity contribution in [3.05, 3.63) is 35.9 Å². The fourth-order valence-electron chi connectivity index (χ4n) is 3.87. The normalized spacial score (nSPS) is 25.9. The molecule has 0 saturated carbocycles. The number of amides is 1. The summed E-state index contributed by atoms with van der Waals surface area (Å²) in [5.74, 6) is 1.11. The number of benzene rings is 1. The van der Waals surface area contributed by atoms with Gasteiger partial charge in [-0.2, -0.15) is 0 Å². The van der Waals surface area contributed by atoms with Crippen molar-refractivity contribution < 1.29 is 4.79 Å². The molecular weight excluding hydrogens is 274 g/mol. The molecule has 2 unspecified atom stereocenters. The zero-order valence-electron chi connectivity index (χ0n) is 14.0. The maximum Gasteiger partial charge on any atom is 0.223 e. The Hall–Kier alpha value is -1.39. The van der Waals surface area contributed by atoms with Gasteiger partial charge in [0.05, 0.1) is 0 Å². The molecule has 0 spiro atoms. The third-order valence-corrected chi connectivity index (χ3v) is 4.71. The molecule has 2 N–H and O–H groups in total. The molecule has 4 nitrogen and oxygen atoms in total. The minimum absolute atomic E-state index is 0.169. The van der Waals surface area contributed by atoms with Crippen LogP contribution in [0.25, 0.3) is 0 Å². The predicted molar refractivity (Wildman–Crippen MR) is 90.3 cm³/mol. The molecule has 1 fully saturated rings. The molecule has 1 aliphatic heterocycles. The van der Waals surface area contributed by atoms with Crippen molar-refractivity contribution >= 4 is 5.91 Å². The van der Waals surface area contributed by atoms with Gasteiger partial charge in [0, 0.05) is 45.7 Å². The van der Waals surface area contributed by atoms with E-state index in [1.165, 1.54) is 5.56 Å². The fraction of sp³-hybridized carbons (Fsp3) is 0.611. The van der Waals surface area contributed by atoms with Crippen molar-refractivity contribution in [2.24, 2.45) is 17.6 Å². The minimum atomic E-state index is 0.169. The molecule has 1 aliphatic rings. The van der Waals surface area contributed by atoms with Gasteiger partial charge in [-0.15, -0.1) is 0 Å². The number of piperidine rings is 1. The molecule has 2 atom stereocenters. The summed E-state index contributed by atoms with van der Waals surface area (Å²) >= 11 is 0. The molecule has 1 aromatic carbocycles. The Bertz CT molecular complexity index is 464. The van der Waals surface area contributed by atoms with Gasteiger partial charge in [0.2, 0.25) is 5.91 Å². The predicted octanol–water partition coefficient (Wildman–Crippen LogP) is 1.95. The summed E-state index contributed by atoms with van der Waals surface area (Å²) in [5.41, 5.74) is 6.87. The van der Waals surface area contributed by atoms with Crippen LogP contribution in [0.2, 0.25) is 0 Å². The summed E-state index contributed by atoms with van der Waals surface area (Å²) in [7, 11) is 1.93. The quantitative estimate of drug-likeness (QED) is 0.904. The fourth-order valence-corrected chi connectivity index (χ4v) is 3.87. The Labute approximate surface area is 134 Å². The number of hydrogen-bond donors (Lipinski definition) is 1. The summed E-state index contributed by atoms with van der Waals surface area (Å²) in [4.78, 5) is 16.6. The zero-order valence-corrected chi connectivity index (χ0v) is 14.0. The molecule has 122 valence electrons. The van der Waals surface area contributed by atoms with Crippen LogP contribution in [-0.2, 0) is 11.3 Å². The molecule has 0 radical (unpaired) electrons. The van der Waals surface area contributed by atoms with E-state index >= 15 is 0 Å². The largest absolute Gasteiger partial charge is 0.342 e. The molecule has 1 saturated heterocycles. The summed E-state index contributed by atoms with van der Waals surface area (Å²) < 4.78 is 0. The second kappa shape index (κ2) is 7.75. The molecule has 0 bridgehead atoms. The summed E-state index contributed by atoms with van der Waals surface area (Å²) in [6, 6.07) is 10.9. The topological polar surface area (TPSA) is 49.6 Å².